The predicted octanol–water partition coefficient (Wildman–Crippen LogP) is 4.05. The molecule has 1 heterocycles. The van der Waals surface area contributed by atoms with Gasteiger partial charge in [0.05, 0.1) is 13.2 Å². The van der Waals surface area contributed by atoms with Gasteiger partial charge in [0.1, 0.15) is 0 Å². The van der Waals surface area contributed by atoms with Crippen molar-refractivity contribution in [2.45, 2.75) is 4.90 Å². The van der Waals surface area contributed by atoms with Crippen LogP contribution in [0.25, 0.3) is 0 Å². The van der Waals surface area contributed by atoms with E-state index in [1.54, 1.807) is 11.8 Å². The van der Waals surface area contributed by atoms with Gasteiger partial charge >= 0.3 is 0 Å². The van der Waals surface area contributed by atoms with Gasteiger partial charge < -0.3 is 20.3 Å². The average molecular weight is 360 g/mol. The van der Waals surface area contributed by atoms with Crippen LogP contribution in [0.15, 0.2) is 53.4 Å². The van der Waals surface area contributed by atoms with E-state index in [1.807, 2.05) is 12.1 Å². The fourth-order valence-corrected chi connectivity index (χ4v) is 3.27. The van der Waals surface area contributed by atoms with Gasteiger partial charge in [0.2, 0.25) is 0 Å². The van der Waals surface area contributed by atoms with Crippen molar-refractivity contribution in [3.8, 4) is 0 Å². The third-order valence-corrected chi connectivity index (χ3v) is 4.76. The zero-order valence-electron chi connectivity index (χ0n) is 13.6. The van der Waals surface area contributed by atoms with E-state index >= 15 is 0 Å². The summed E-state index contributed by atoms with van der Waals surface area (Å²) in [5, 5.41) is 7.04. The van der Waals surface area contributed by atoms with Crippen LogP contribution in [0.1, 0.15) is 0 Å². The molecular formula is C18H21N3OS2. The second-order valence-electron chi connectivity index (χ2n) is 5.46. The molecule has 6 heteroatoms. The zero-order chi connectivity index (χ0) is 16.8. The van der Waals surface area contributed by atoms with E-state index in [-0.39, 0.29) is 0 Å². The molecule has 126 valence electrons. The van der Waals surface area contributed by atoms with Crippen LogP contribution in [-0.4, -0.2) is 37.7 Å². The summed E-state index contributed by atoms with van der Waals surface area (Å²) in [6.07, 6.45) is 2.06. The van der Waals surface area contributed by atoms with Gasteiger partial charge in [0, 0.05) is 35.0 Å². The minimum absolute atomic E-state index is 0.590. The number of rotatable bonds is 4. The van der Waals surface area contributed by atoms with Crippen LogP contribution in [0.2, 0.25) is 0 Å². The summed E-state index contributed by atoms with van der Waals surface area (Å²) in [4.78, 5) is 3.54. The van der Waals surface area contributed by atoms with Gasteiger partial charge in [-0.25, -0.2) is 0 Å². The molecule has 0 aromatic heterocycles. The lowest BCUT2D eigenvalue weighted by Crippen LogP contribution is -2.36. The predicted molar refractivity (Wildman–Crippen MR) is 108 cm³/mol. The van der Waals surface area contributed by atoms with E-state index in [2.05, 4.69) is 58.2 Å². The van der Waals surface area contributed by atoms with E-state index < -0.39 is 0 Å². The number of hydrogen-bond donors (Lipinski definition) is 2. The average Bonchev–Trinajstić information content (AvgIpc) is 2.63. The van der Waals surface area contributed by atoms with Gasteiger partial charge in [-0.1, -0.05) is 6.07 Å². The second kappa shape index (κ2) is 8.37. The molecule has 2 aromatic rings. The first-order valence-electron chi connectivity index (χ1n) is 7.89. The summed E-state index contributed by atoms with van der Waals surface area (Å²) in [7, 11) is 0. The lowest BCUT2D eigenvalue weighted by molar-refractivity contribution is 0.122. The first kappa shape index (κ1) is 17.1. The number of nitrogens with one attached hydrogen (secondary N) is 2. The maximum absolute atomic E-state index is 5.40. The number of nitrogens with zero attached hydrogens (tertiary/aromatic N) is 1. The maximum atomic E-state index is 5.40. The maximum Gasteiger partial charge on any atom is 0.175 e. The summed E-state index contributed by atoms with van der Waals surface area (Å²) >= 11 is 7.11. The van der Waals surface area contributed by atoms with Crippen LogP contribution >= 0.6 is 24.0 Å². The highest BCUT2D eigenvalue weighted by Crippen LogP contribution is 2.21. The lowest BCUT2D eigenvalue weighted by atomic mass is 10.2. The van der Waals surface area contributed by atoms with E-state index in [9.17, 15) is 0 Å². The van der Waals surface area contributed by atoms with Crippen LogP contribution in [-0.2, 0) is 4.74 Å². The molecule has 1 aliphatic heterocycles. The van der Waals surface area contributed by atoms with Crippen molar-refractivity contribution in [2.75, 3.05) is 48.1 Å². The fourth-order valence-electron chi connectivity index (χ4n) is 2.57. The Bertz CT molecular complexity index is 685. The number of hydrogen-bond acceptors (Lipinski definition) is 4. The Morgan fingerprint density at radius 3 is 2.46 bits per heavy atom. The summed E-state index contributed by atoms with van der Waals surface area (Å²) in [5.41, 5.74) is 3.19. The monoisotopic (exact) mass is 359 g/mol. The minimum atomic E-state index is 0.590. The molecule has 0 unspecified atom stereocenters. The fraction of sp³-hybridized carbons (Fsp3) is 0.278. The molecule has 24 heavy (non-hydrogen) atoms. The van der Waals surface area contributed by atoms with Gasteiger partial charge in [-0.3, -0.25) is 0 Å². The molecule has 0 bridgehead atoms. The normalized spacial score (nSPS) is 14.3. The summed E-state index contributed by atoms with van der Waals surface area (Å²) < 4.78 is 5.39. The van der Waals surface area contributed by atoms with Gasteiger partial charge in [0.15, 0.2) is 5.11 Å². The zero-order valence-corrected chi connectivity index (χ0v) is 15.3. The van der Waals surface area contributed by atoms with Gasteiger partial charge in [-0.2, -0.15) is 0 Å². The standard InChI is InChI=1S/C18H21N3OS2/c1-24-17-4-2-3-15(13-17)20-18(23)19-14-5-7-16(8-6-14)21-9-11-22-12-10-21/h2-8,13H,9-12H2,1H3,(H2,19,20,23). The molecule has 4 nitrogen and oxygen atoms in total. The Morgan fingerprint density at radius 2 is 1.75 bits per heavy atom. The quantitative estimate of drug-likeness (QED) is 0.633. The van der Waals surface area contributed by atoms with E-state index in [1.165, 1.54) is 10.6 Å². The Morgan fingerprint density at radius 1 is 1.04 bits per heavy atom. The van der Waals surface area contributed by atoms with Crippen molar-refractivity contribution in [1.82, 2.24) is 0 Å². The van der Waals surface area contributed by atoms with E-state index in [0.29, 0.717) is 5.11 Å². The van der Waals surface area contributed by atoms with Gasteiger partial charge in [0.25, 0.3) is 0 Å². The number of morpholine rings is 1. The topological polar surface area (TPSA) is 36.5 Å². The van der Waals surface area contributed by atoms with Crippen molar-refractivity contribution in [3.63, 3.8) is 0 Å². The number of thiocarbonyl (C=S) groups is 1. The van der Waals surface area contributed by atoms with Crippen LogP contribution < -0.4 is 15.5 Å². The smallest absolute Gasteiger partial charge is 0.175 e. The molecule has 1 aliphatic rings. The largest absolute Gasteiger partial charge is 0.378 e. The lowest BCUT2D eigenvalue weighted by Gasteiger charge is -2.29. The van der Waals surface area contributed by atoms with Crippen molar-refractivity contribution in [2.24, 2.45) is 0 Å². The molecule has 0 atom stereocenters. The second-order valence-corrected chi connectivity index (χ2v) is 6.75. The number of anilines is 3. The molecule has 2 aromatic carbocycles. The number of thioether (sulfide) groups is 1. The molecule has 1 fully saturated rings. The molecule has 0 radical (unpaired) electrons. The third kappa shape index (κ3) is 4.63. The Hall–Kier alpha value is -1.76. The van der Waals surface area contributed by atoms with Gasteiger partial charge in [-0.15, -0.1) is 11.8 Å². The Balaban J connectivity index is 1.57. The van der Waals surface area contributed by atoms with Crippen molar-refractivity contribution >= 4 is 46.2 Å². The molecule has 3 rings (SSSR count). The van der Waals surface area contributed by atoms with Gasteiger partial charge in [-0.05, 0) is 60.9 Å². The highest BCUT2D eigenvalue weighted by atomic mass is 32.2. The van der Waals surface area contributed by atoms with Crippen LogP contribution in [0, 0.1) is 0 Å². The molecular weight excluding hydrogens is 338 g/mol. The molecule has 0 amide bonds. The molecule has 1 saturated heterocycles. The summed E-state index contributed by atoms with van der Waals surface area (Å²) in [5.74, 6) is 0. The van der Waals surface area contributed by atoms with Crippen molar-refractivity contribution in [3.05, 3.63) is 48.5 Å². The highest BCUT2D eigenvalue weighted by Gasteiger charge is 2.10. The Kier molecular flexibility index (Phi) is 5.96. The minimum Gasteiger partial charge on any atom is -0.378 e. The van der Waals surface area contributed by atoms with Crippen LogP contribution in [0.5, 0.6) is 0 Å². The summed E-state index contributed by atoms with van der Waals surface area (Å²) in [6.45, 7) is 3.48. The Labute approximate surface area is 152 Å². The SMILES string of the molecule is CSc1cccc(NC(=S)Nc2ccc(N3CCOCC3)cc2)c1. The van der Waals surface area contributed by atoms with E-state index in [0.717, 1.165) is 37.7 Å². The first-order chi connectivity index (χ1) is 11.7. The molecule has 0 aliphatic carbocycles. The van der Waals surface area contributed by atoms with E-state index in [4.69, 9.17) is 17.0 Å². The van der Waals surface area contributed by atoms with Crippen LogP contribution in [0.3, 0.4) is 0 Å². The third-order valence-electron chi connectivity index (χ3n) is 3.83. The van der Waals surface area contributed by atoms with Crippen molar-refractivity contribution < 1.29 is 4.74 Å². The summed E-state index contributed by atoms with van der Waals surface area (Å²) in [6, 6.07) is 16.5. The number of benzene rings is 2. The molecule has 0 spiro atoms. The first-order valence-corrected chi connectivity index (χ1v) is 9.53. The molecule has 0 saturated carbocycles. The van der Waals surface area contributed by atoms with Crippen LogP contribution in [0.4, 0.5) is 17.1 Å². The van der Waals surface area contributed by atoms with Crippen molar-refractivity contribution in [1.29, 1.82) is 0 Å². The highest BCUT2D eigenvalue weighted by molar-refractivity contribution is 7.98. The number of ether oxygens (including phenoxy) is 1. The molecule has 2 N–H and O–H groups in total.